The molecule has 1 aromatic carbocycles. The van der Waals surface area contributed by atoms with Crippen molar-refractivity contribution in [3.63, 3.8) is 0 Å². The lowest BCUT2D eigenvalue weighted by atomic mass is 10.2. The van der Waals surface area contributed by atoms with Crippen LogP contribution < -0.4 is 9.80 Å². The lowest BCUT2D eigenvalue weighted by Crippen LogP contribution is -2.23. The number of hydrogen-bond acceptors (Lipinski definition) is 5. The number of pyridine rings is 1. The summed E-state index contributed by atoms with van der Waals surface area (Å²) in [7, 11) is 0. The highest BCUT2D eigenvalue weighted by atomic mass is 19.1. The van der Waals surface area contributed by atoms with Crippen LogP contribution in [-0.4, -0.2) is 39.9 Å². The second-order valence-electron chi connectivity index (χ2n) is 7.19. The number of anilines is 2. The number of fused-ring (bicyclic) bond motifs is 1. The van der Waals surface area contributed by atoms with E-state index in [-0.39, 0.29) is 5.91 Å². The third kappa shape index (κ3) is 3.01. The minimum atomic E-state index is -0.796. The van der Waals surface area contributed by atoms with Gasteiger partial charge in [0.15, 0.2) is 0 Å². The van der Waals surface area contributed by atoms with Crippen molar-refractivity contribution >= 4 is 17.4 Å². The van der Waals surface area contributed by atoms with Crippen molar-refractivity contribution < 1.29 is 9.18 Å². The summed E-state index contributed by atoms with van der Waals surface area (Å²) < 4.78 is 15.0. The number of aromatic nitrogens is 3. The summed E-state index contributed by atoms with van der Waals surface area (Å²) in [5.74, 6) is 0.628. The van der Waals surface area contributed by atoms with Crippen molar-refractivity contribution in [2.24, 2.45) is 0 Å². The summed E-state index contributed by atoms with van der Waals surface area (Å²) in [5, 5.41) is 13.5. The van der Waals surface area contributed by atoms with Crippen molar-refractivity contribution in [2.75, 3.05) is 22.9 Å². The summed E-state index contributed by atoms with van der Waals surface area (Å²) in [6, 6.07) is 12.7. The molecule has 0 radical (unpaired) electrons. The Morgan fingerprint density at radius 3 is 2.55 bits per heavy atom. The van der Waals surface area contributed by atoms with Crippen molar-refractivity contribution in [1.82, 2.24) is 14.8 Å². The standard InChI is InChI=1S/C21H17FN6O/c22-15-7-8-26(11-15)20-6-5-17(10-24-20)28-12-18-19(25-28)13-27(21(18)29)16-3-1-14(9-23)2-4-16/h1-6,10,12,15H,7-8,11,13H2/t15-/m0/s1. The van der Waals surface area contributed by atoms with Gasteiger partial charge in [-0.1, -0.05) is 0 Å². The Morgan fingerprint density at radius 2 is 1.93 bits per heavy atom. The maximum atomic E-state index is 13.4. The summed E-state index contributed by atoms with van der Waals surface area (Å²) in [4.78, 5) is 20.8. The number of halogens is 1. The first-order valence-electron chi connectivity index (χ1n) is 9.38. The molecule has 3 aromatic rings. The van der Waals surface area contributed by atoms with Crippen molar-refractivity contribution in [1.29, 1.82) is 5.26 Å². The summed E-state index contributed by atoms with van der Waals surface area (Å²) in [6.45, 7) is 1.43. The minimum absolute atomic E-state index is 0.119. The van der Waals surface area contributed by atoms with Crippen LogP contribution in [0, 0.1) is 11.3 Å². The van der Waals surface area contributed by atoms with E-state index in [4.69, 9.17) is 5.26 Å². The van der Waals surface area contributed by atoms with Crippen LogP contribution >= 0.6 is 0 Å². The summed E-state index contributed by atoms with van der Waals surface area (Å²) >= 11 is 0. The number of carbonyl (C=O) groups is 1. The Bertz CT molecular complexity index is 1120. The van der Waals surface area contributed by atoms with E-state index in [0.29, 0.717) is 42.9 Å². The third-order valence-corrected chi connectivity index (χ3v) is 5.33. The predicted octanol–water partition coefficient (Wildman–Crippen LogP) is 2.85. The van der Waals surface area contributed by atoms with Crippen LogP contribution in [-0.2, 0) is 6.54 Å². The largest absolute Gasteiger partial charge is 0.354 e. The molecule has 0 unspecified atom stereocenters. The number of carbonyl (C=O) groups excluding carboxylic acids is 1. The zero-order chi connectivity index (χ0) is 20.0. The molecule has 0 bridgehead atoms. The smallest absolute Gasteiger partial charge is 0.262 e. The van der Waals surface area contributed by atoms with Crippen LogP contribution in [0.15, 0.2) is 48.8 Å². The fourth-order valence-electron chi connectivity index (χ4n) is 3.76. The average Bonchev–Trinajstić information content (AvgIpc) is 3.45. The van der Waals surface area contributed by atoms with Gasteiger partial charge >= 0.3 is 0 Å². The molecule has 5 rings (SSSR count). The van der Waals surface area contributed by atoms with Crippen LogP contribution in [0.1, 0.15) is 28.0 Å². The molecular formula is C21H17FN6O. The molecule has 8 heteroatoms. The van der Waals surface area contributed by atoms with Gasteiger partial charge in [-0.3, -0.25) is 4.79 Å². The van der Waals surface area contributed by atoms with E-state index in [1.807, 2.05) is 17.0 Å². The normalized spacial score (nSPS) is 18.2. The lowest BCUT2D eigenvalue weighted by Gasteiger charge is -2.17. The Hall–Kier alpha value is -3.73. The maximum Gasteiger partial charge on any atom is 0.262 e. The Morgan fingerprint density at radius 1 is 1.14 bits per heavy atom. The molecule has 0 N–H and O–H groups in total. The van der Waals surface area contributed by atoms with E-state index in [9.17, 15) is 9.18 Å². The lowest BCUT2D eigenvalue weighted by molar-refractivity contribution is 0.0996. The van der Waals surface area contributed by atoms with Gasteiger partial charge in [0.25, 0.3) is 5.91 Å². The fraction of sp³-hybridized carbons (Fsp3) is 0.238. The number of alkyl halides is 1. The second kappa shape index (κ2) is 6.71. The molecule has 2 aromatic heterocycles. The van der Waals surface area contributed by atoms with Crippen LogP contribution in [0.4, 0.5) is 15.9 Å². The van der Waals surface area contributed by atoms with E-state index < -0.39 is 6.17 Å². The SMILES string of the molecule is N#Cc1ccc(N2Cc3nn(-c4ccc(N5CC[C@H](F)C5)nc4)cc3C2=O)cc1. The van der Waals surface area contributed by atoms with E-state index in [1.54, 1.807) is 46.2 Å². The minimum Gasteiger partial charge on any atom is -0.354 e. The number of rotatable bonds is 3. The zero-order valence-corrected chi connectivity index (χ0v) is 15.5. The molecule has 144 valence electrons. The van der Waals surface area contributed by atoms with Gasteiger partial charge in [0.05, 0.1) is 47.9 Å². The van der Waals surface area contributed by atoms with Crippen LogP contribution in [0.5, 0.6) is 0 Å². The number of amides is 1. The fourth-order valence-corrected chi connectivity index (χ4v) is 3.76. The van der Waals surface area contributed by atoms with E-state index >= 15 is 0 Å². The summed E-state index contributed by atoms with van der Waals surface area (Å²) in [5.41, 5.74) is 3.29. The molecule has 2 aliphatic rings. The molecule has 0 aliphatic carbocycles. The molecule has 0 spiro atoms. The molecular weight excluding hydrogens is 371 g/mol. The van der Waals surface area contributed by atoms with Gasteiger partial charge in [-0.25, -0.2) is 14.1 Å². The molecule has 1 fully saturated rings. The van der Waals surface area contributed by atoms with Crippen molar-refractivity contribution in [2.45, 2.75) is 19.1 Å². The van der Waals surface area contributed by atoms with E-state index in [0.717, 1.165) is 17.2 Å². The number of nitrogens with zero attached hydrogens (tertiary/aromatic N) is 6. The highest BCUT2D eigenvalue weighted by molar-refractivity contribution is 6.09. The Kier molecular flexibility index (Phi) is 4.02. The number of hydrogen-bond donors (Lipinski definition) is 0. The molecule has 1 saturated heterocycles. The average molecular weight is 388 g/mol. The van der Waals surface area contributed by atoms with Crippen LogP contribution in [0.3, 0.4) is 0 Å². The molecule has 0 saturated carbocycles. The highest BCUT2D eigenvalue weighted by Crippen LogP contribution is 2.29. The van der Waals surface area contributed by atoms with Gasteiger partial charge in [-0.2, -0.15) is 10.4 Å². The Labute approximate surface area is 166 Å². The Balaban J connectivity index is 1.35. The van der Waals surface area contributed by atoms with E-state index in [2.05, 4.69) is 16.2 Å². The predicted molar refractivity (Wildman–Crippen MR) is 105 cm³/mol. The maximum absolute atomic E-state index is 13.4. The quantitative estimate of drug-likeness (QED) is 0.689. The van der Waals surface area contributed by atoms with Gasteiger partial charge in [0, 0.05) is 18.4 Å². The first-order valence-corrected chi connectivity index (χ1v) is 9.38. The second-order valence-corrected chi connectivity index (χ2v) is 7.19. The first kappa shape index (κ1) is 17.4. The van der Waals surface area contributed by atoms with Crippen molar-refractivity contribution in [3.05, 3.63) is 65.6 Å². The van der Waals surface area contributed by atoms with Gasteiger partial charge in [-0.05, 0) is 42.8 Å². The highest BCUT2D eigenvalue weighted by Gasteiger charge is 2.32. The van der Waals surface area contributed by atoms with Gasteiger partial charge in [0.2, 0.25) is 0 Å². The number of nitriles is 1. The molecule has 4 heterocycles. The summed E-state index contributed by atoms with van der Waals surface area (Å²) in [6.07, 6.45) is 3.14. The van der Waals surface area contributed by atoms with Crippen LogP contribution in [0.25, 0.3) is 5.69 Å². The topological polar surface area (TPSA) is 78.1 Å². The molecule has 1 atom stereocenters. The molecule has 7 nitrogen and oxygen atoms in total. The van der Waals surface area contributed by atoms with E-state index in [1.165, 1.54) is 0 Å². The number of benzene rings is 1. The molecule has 2 aliphatic heterocycles. The molecule has 29 heavy (non-hydrogen) atoms. The third-order valence-electron chi connectivity index (χ3n) is 5.33. The first-order chi connectivity index (χ1) is 14.1. The monoisotopic (exact) mass is 388 g/mol. The van der Waals surface area contributed by atoms with Gasteiger partial charge < -0.3 is 9.80 Å². The van der Waals surface area contributed by atoms with Crippen LogP contribution in [0.2, 0.25) is 0 Å². The zero-order valence-electron chi connectivity index (χ0n) is 15.5. The van der Waals surface area contributed by atoms with Crippen molar-refractivity contribution in [3.8, 4) is 11.8 Å². The molecule has 1 amide bonds. The van der Waals surface area contributed by atoms with Gasteiger partial charge in [-0.15, -0.1) is 0 Å². The van der Waals surface area contributed by atoms with Gasteiger partial charge in [0.1, 0.15) is 12.0 Å².